The van der Waals surface area contributed by atoms with Crippen molar-refractivity contribution in [3.8, 4) is 11.4 Å². The number of ether oxygens (including phenoxy) is 1. The van der Waals surface area contributed by atoms with Crippen LogP contribution >= 0.6 is 23.4 Å². The Morgan fingerprint density at radius 3 is 2.65 bits per heavy atom. The maximum Gasteiger partial charge on any atom is 0.271 e. The molecule has 1 aromatic heterocycles. The molecular formula is C22H16ClN3O4S. The summed E-state index contributed by atoms with van der Waals surface area (Å²) in [6, 6.07) is 18.7. The third-order valence-corrected chi connectivity index (χ3v) is 5.92. The quantitative estimate of drug-likeness (QED) is 0.157. The van der Waals surface area contributed by atoms with Gasteiger partial charge in [0, 0.05) is 17.7 Å². The van der Waals surface area contributed by atoms with E-state index in [1.807, 2.05) is 28.8 Å². The van der Waals surface area contributed by atoms with E-state index in [0.29, 0.717) is 38.2 Å². The average Bonchev–Trinajstić information content (AvgIpc) is 3.15. The number of nitrogens with zero attached hydrogens (tertiary/aromatic N) is 3. The number of para-hydroxylation sites is 2. The van der Waals surface area contributed by atoms with Gasteiger partial charge >= 0.3 is 0 Å². The lowest BCUT2D eigenvalue weighted by atomic mass is 10.1. The number of carbonyl (C=O) groups is 1. The normalized spacial score (nSPS) is 10.9. The number of benzene rings is 3. The Hall–Kier alpha value is -3.36. The van der Waals surface area contributed by atoms with Crippen LogP contribution in [-0.2, 0) is 0 Å². The van der Waals surface area contributed by atoms with Gasteiger partial charge in [0.25, 0.3) is 5.69 Å². The summed E-state index contributed by atoms with van der Waals surface area (Å²) in [4.78, 5) is 28.0. The summed E-state index contributed by atoms with van der Waals surface area (Å²) in [6.07, 6.45) is 0. The molecule has 0 aliphatic rings. The number of hydrogen-bond donors (Lipinski definition) is 0. The van der Waals surface area contributed by atoms with E-state index in [1.165, 1.54) is 23.9 Å². The largest absolute Gasteiger partial charge is 0.495 e. The van der Waals surface area contributed by atoms with Crippen LogP contribution in [0.2, 0.25) is 5.02 Å². The fourth-order valence-corrected chi connectivity index (χ4v) is 4.34. The van der Waals surface area contributed by atoms with Gasteiger partial charge in [0.05, 0.1) is 39.5 Å². The number of nitro groups is 1. The van der Waals surface area contributed by atoms with Gasteiger partial charge in [0.2, 0.25) is 0 Å². The first-order valence-electron chi connectivity index (χ1n) is 9.20. The molecule has 156 valence electrons. The molecule has 0 fully saturated rings. The molecule has 0 amide bonds. The SMILES string of the molecule is COc1ccccc1-n1c(SCC(=O)c2ccccc2Cl)nc2cc([N+](=O)[O-])ccc21. The van der Waals surface area contributed by atoms with Crippen LogP contribution in [-0.4, -0.2) is 33.1 Å². The van der Waals surface area contributed by atoms with Crippen molar-refractivity contribution in [2.45, 2.75) is 5.16 Å². The molecule has 0 atom stereocenters. The molecule has 0 spiro atoms. The van der Waals surface area contributed by atoms with Crippen LogP contribution in [0.5, 0.6) is 5.75 Å². The first kappa shape index (κ1) is 20.9. The lowest BCUT2D eigenvalue weighted by Crippen LogP contribution is -2.05. The fourth-order valence-electron chi connectivity index (χ4n) is 3.20. The molecular weight excluding hydrogens is 438 g/mol. The molecule has 4 rings (SSSR count). The molecule has 31 heavy (non-hydrogen) atoms. The molecule has 7 nitrogen and oxygen atoms in total. The first-order valence-corrected chi connectivity index (χ1v) is 10.6. The highest BCUT2D eigenvalue weighted by Gasteiger charge is 2.20. The van der Waals surface area contributed by atoms with E-state index < -0.39 is 4.92 Å². The Bertz CT molecular complexity index is 1310. The molecule has 4 aromatic rings. The number of ketones is 1. The number of non-ortho nitro benzene ring substituents is 1. The summed E-state index contributed by atoms with van der Waals surface area (Å²) in [6.45, 7) is 0. The van der Waals surface area contributed by atoms with E-state index in [4.69, 9.17) is 16.3 Å². The van der Waals surface area contributed by atoms with Gasteiger partial charge in [-0.1, -0.05) is 47.6 Å². The minimum absolute atomic E-state index is 0.0547. The number of imidazole rings is 1. The molecule has 3 aromatic carbocycles. The van der Waals surface area contributed by atoms with Crippen molar-refractivity contribution in [3.05, 3.63) is 87.4 Å². The van der Waals surface area contributed by atoms with Gasteiger partial charge in [-0.2, -0.15) is 0 Å². The second kappa shape index (κ2) is 8.79. The van der Waals surface area contributed by atoms with Crippen molar-refractivity contribution in [3.63, 3.8) is 0 Å². The highest BCUT2D eigenvalue weighted by atomic mass is 35.5. The van der Waals surface area contributed by atoms with Crippen LogP contribution in [0.3, 0.4) is 0 Å². The number of rotatable bonds is 7. The lowest BCUT2D eigenvalue weighted by molar-refractivity contribution is -0.384. The van der Waals surface area contributed by atoms with Crippen LogP contribution in [0, 0.1) is 10.1 Å². The predicted octanol–water partition coefficient (Wildman–Crippen LogP) is 5.57. The van der Waals surface area contributed by atoms with Gasteiger partial charge in [0.1, 0.15) is 5.75 Å². The van der Waals surface area contributed by atoms with Crippen LogP contribution in [0.25, 0.3) is 16.7 Å². The number of fused-ring (bicyclic) bond motifs is 1. The van der Waals surface area contributed by atoms with E-state index in [0.717, 1.165) is 0 Å². The zero-order valence-electron chi connectivity index (χ0n) is 16.3. The highest BCUT2D eigenvalue weighted by Crippen LogP contribution is 2.34. The van der Waals surface area contributed by atoms with Crippen molar-refractivity contribution in [1.29, 1.82) is 0 Å². The zero-order chi connectivity index (χ0) is 22.0. The minimum Gasteiger partial charge on any atom is -0.495 e. The fraction of sp³-hybridized carbons (Fsp3) is 0.0909. The summed E-state index contributed by atoms with van der Waals surface area (Å²) in [5.74, 6) is 0.573. The third kappa shape index (κ3) is 4.12. The number of halogens is 1. The Balaban J connectivity index is 1.79. The standard InChI is InChI=1S/C22H16ClN3O4S/c1-30-21-9-5-4-8-19(21)25-18-11-10-14(26(28)29)12-17(18)24-22(25)31-13-20(27)15-6-2-3-7-16(15)23/h2-12H,13H2,1H3. The number of Topliss-reactive ketones (excluding diaryl/α,β-unsaturated/α-hetero) is 1. The molecule has 0 N–H and O–H groups in total. The lowest BCUT2D eigenvalue weighted by Gasteiger charge is -2.13. The molecule has 0 saturated carbocycles. The Morgan fingerprint density at radius 2 is 1.90 bits per heavy atom. The number of methoxy groups -OCH3 is 1. The van der Waals surface area contributed by atoms with Gasteiger partial charge in [-0.3, -0.25) is 19.5 Å². The van der Waals surface area contributed by atoms with Crippen molar-refractivity contribution in [2.24, 2.45) is 0 Å². The van der Waals surface area contributed by atoms with Crippen molar-refractivity contribution in [2.75, 3.05) is 12.9 Å². The summed E-state index contributed by atoms with van der Waals surface area (Å²) in [7, 11) is 1.57. The average molecular weight is 454 g/mol. The molecule has 0 radical (unpaired) electrons. The molecule has 0 unspecified atom stereocenters. The predicted molar refractivity (Wildman–Crippen MR) is 121 cm³/mol. The van der Waals surface area contributed by atoms with Gasteiger partial charge in [-0.25, -0.2) is 4.98 Å². The number of hydrogen-bond acceptors (Lipinski definition) is 6. The van der Waals surface area contributed by atoms with E-state index >= 15 is 0 Å². The molecule has 0 aliphatic heterocycles. The summed E-state index contributed by atoms with van der Waals surface area (Å²) < 4.78 is 7.33. The zero-order valence-corrected chi connectivity index (χ0v) is 17.9. The van der Waals surface area contributed by atoms with Crippen LogP contribution in [0.1, 0.15) is 10.4 Å². The van der Waals surface area contributed by atoms with E-state index in [9.17, 15) is 14.9 Å². The van der Waals surface area contributed by atoms with Gasteiger partial charge in [-0.05, 0) is 30.3 Å². The van der Waals surface area contributed by atoms with Crippen molar-refractivity contribution >= 4 is 45.9 Å². The second-order valence-corrected chi connectivity index (χ2v) is 7.87. The number of aromatic nitrogens is 2. The molecule has 0 bridgehead atoms. The van der Waals surface area contributed by atoms with Crippen LogP contribution in [0.15, 0.2) is 71.9 Å². The van der Waals surface area contributed by atoms with E-state index in [1.54, 1.807) is 37.4 Å². The summed E-state index contributed by atoms with van der Waals surface area (Å²) in [5.41, 5.74) is 2.22. The number of nitro benzene ring substituents is 1. The van der Waals surface area contributed by atoms with Crippen molar-refractivity contribution in [1.82, 2.24) is 9.55 Å². The second-order valence-electron chi connectivity index (χ2n) is 6.52. The van der Waals surface area contributed by atoms with E-state index in [-0.39, 0.29) is 17.2 Å². The van der Waals surface area contributed by atoms with Crippen LogP contribution < -0.4 is 4.74 Å². The molecule has 9 heteroatoms. The van der Waals surface area contributed by atoms with Gasteiger partial charge in [0.15, 0.2) is 10.9 Å². The Morgan fingerprint density at radius 1 is 1.16 bits per heavy atom. The minimum atomic E-state index is -0.463. The maximum atomic E-state index is 12.7. The van der Waals surface area contributed by atoms with Crippen molar-refractivity contribution < 1.29 is 14.5 Å². The van der Waals surface area contributed by atoms with Gasteiger partial charge < -0.3 is 4.74 Å². The Labute approximate surface area is 186 Å². The molecule has 1 heterocycles. The smallest absolute Gasteiger partial charge is 0.271 e. The first-order chi connectivity index (χ1) is 15.0. The summed E-state index contributed by atoms with van der Waals surface area (Å²) in [5, 5.41) is 12.1. The van der Waals surface area contributed by atoms with Crippen LogP contribution in [0.4, 0.5) is 5.69 Å². The Kier molecular flexibility index (Phi) is 5.92. The third-order valence-electron chi connectivity index (χ3n) is 4.65. The molecule has 0 aliphatic carbocycles. The molecule has 0 saturated heterocycles. The summed E-state index contributed by atoms with van der Waals surface area (Å²) >= 11 is 7.38. The number of thioether (sulfide) groups is 1. The van der Waals surface area contributed by atoms with Gasteiger partial charge in [-0.15, -0.1) is 0 Å². The topological polar surface area (TPSA) is 87.3 Å². The van der Waals surface area contributed by atoms with E-state index in [2.05, 4.69) is 4.98 Å². The highest BCUT2D eigenvalue weighted by molar-refractivity contribution is 7.99. The monoisotopic (exact) mass is 453 g/mol. The maximum absolute atomic E-state index is 12.7. The number of carbonyl (C=O) groups excluding carboxylic acids is 1.